The number of thiazole rings is 1. The molecule has 0 saturated heterocycles. The molecule has 1 heterocycles. The highest BCUT2D eigenvalue weighted by atomic mass is 32.1. The van der Waals surface area contributed by atoms with Crippen LogP contribution in [-0.4, -0.2) is 40.5 Å². The number of rotatable bonds is 5. The van der Waals surface area contributed by atoms with Crippen LogP contribution in [0.25, 0.3) is 11.3 Å². The van der Waals surface area contributed by atoms with Gasteiger partial charge in [-0.3, -0.25) is 4.79 Å². The summed E-state index contributed by atoms with van der Waals surface area (Å²) in [6, 6.07) is 11.8. The fraction of sp³-hybridized carbons (Fsp3) is 0.455. The predicted octanol–water partition coefficient (Wildman–Crippen LogP) is 4.35. The number of aryl methyl sites for hydroxylation is 1. The molecule has 0 unspecified atom stereocenters. The van der Waals surface area contributed by atoms with Crippen LogP contribution in [0.15, 0.2) is 30.3 Å². The number of benzene rings is 1. The van der Waals surface area contributed by atoms with Crippen LogP contribution in [0.3, 0.4) is 0 Å². The molecule has 1 aromatic carbocycles. The molecule has 0 radical (unpaired) electrons. The van der Waals surface area contributed by atoms with Crippen molar-refractivity contribution in [2.24, 2.45) is 0 Å². The highest BCUT2D eigenvalue weighted by Crippen LogP contribution is 2.33. The minimum Gasteiger partial charge on any atom is -0.448 e. The monoisotopic (exact) mass is 411 g/mol. The number of amides is 1. The second kappa shape index (κ2) is 8.75. The Balaban J connectivity index is 1.76. The summed E-state index contributed by atoms with van der Waals surface area (Å²) in [6.45, 7) is 3.39. The van der Waals surface area contributed by atoms with Crippen molar-refractivity contribution in [1.29, 1.82) is 5.26 Å². The Bertz CT molecular complexity index is 927. The van der Waals surface area contributed by atoms with E-state index in [1.807, 2.05) is 37.3 Å². The van der Waals surface area contributed by atoms with Crippen molar-refractivity contribution >= 4 is 23.2 Å². The number of nitriles is 1. The van der Waals surface area contributed by atoms with Gasteiger partial charge in [0.25, 0.3) is 5.91 Å². The smallest absolute Gasteiger partial charge is 0.351 e. The van der Waals surface area contributed by atoms with Crippen molar-refractivity contribution in [2.45, 2.75) is 57.6 Å². The normalized spacial score (nSPS) is 16.5. The van der Waals surface area contributed by atoms with Crippen molar-refractivity contribution < 1.29 is 14.3 Å². The molecule has 7 heteroatoms. The van der Waals surface area contributed by atoms with Crippen LogP contribution < -0.4 is 0 Å². The Hall–Kier alpha value is -2.72. The molecule has 1 aliphatic rings. The van der Waals surface area contributed by atoms with Crippen LogP contribution in [0.2, 0.25) is 0 Å². The molecular weight excluding hydrogens is 386 g/mol. The maximum atomic E-state index is 12.9. The zero-order valence-electron chi connectivity index (χ0n) is 17.0. The third kappa shape index (κ3) is 4.33. The van der Waals surface area contributed by atoms with Gasteiger partial charge in [0.15, 0.2) is 6.10 Å². The maximum Gasteiger partial charge on any atom is 0.351 e. The molecule has 1 fully saturated rings. The molecular formula is C22H25N3O3S. The molecule has 152 valence electrons. The van der Waals surface area contributed by atoms with E-state index in [1.54, 1.807) is 14.0 Å². The van der Waals surface area contributed by atoms with E-state index in [2.05, 4.69) is 11.1 Å². The SMILES string of the molecule is Cc1nc(-c2ccccc2)c(C(=O)O[C@@H](C)C(=O)N(C)C2(C#N)CCCCC2)s1. The van der Waals surface area contributed by atoms with Gasteiger partial charge in [-0.15, -0.1) is 11.3 Å². The van der Waals surface area contributed by atoms with Gasteiger partial charge in [0.2, 0.25) is 0 Å². The van der Waals surface area contributed by atoms with Crippen LogP contribution in [0.5, 0.6) is 0 Å². The topological polar surface area (TPSA) is 83.3 Å². The van der Waals surface area contributed by atoms with Crippen molar-refractivity contribution in [3.05, 3.63) is 40.2 Å². The first-order valence-corrected chi connectivity index (χ1v) is 10.6. The fourth-order valence-electron chi connectivity index (χ4n) is 3.76. The van der Waals surface area contributed by atoms with E-state index in [-0.39, 0.29) is 5.91 Å². The van der Waals surface area contributed by atoms with Crippen molar-refractivity contribution in [2.75, 3.05) is 7.05 Å². The van der Waals surface area contributed by atoms with E-state index in [4.69, 9.17) is 4.74 Å². The first kappa shape index (κ1) is 21.0. The molecule has 0 bridgehead atoms. The highest BCUT2D eigenvalue weighted by molar-refractivity contribution is 7.14. The Morgan fingerprint density at radius 2 is 1.90 bits per heavy atom. The number of ether oxygens (including phenoxy) is 1. The molecule has 0 aliphatic heterocycles. The lowest BCUT2D eigenvalue weighted by Gasteiger charge is -2.39. The van der Waals surface area contributed by atoms with Crippen LogP contribution in [0.4, 0.5) is 0 Å². The highest BCUT2D eigenvalue weighted by Gasteiger charge is 2.41. The standard InChI is InChI=1S/C22H25N3O3S/c1-15(20(26)25(3)22(14-23)12-8-5-9-13-22)28-21(27)19-18(24-16(2)29-19)17-10-6-4-7-11-17/h4,6-7,10-11,15H,5,8-9,12-13H2,1-3H3/t15-/m0/s1. The Morgan fingerprint density at radius 1 is 1.24 bits per heavy atom. The maximum absolute atomic E-state index is 12.9. The molecule has 1 aromatic heterocycles. The molecule has 0 spiro atoms. The van der Waals surface area contributed by atoms with Gasteiger partial charge >= 0.3 is 5.97 Å². The molecule has 2 aromatic rings. The van der Waals surface area contributed by atoms with Crippen LogP contribution in [0, 0.1) is 18.3 Å². The quantitative estimate of drug-likeness (QED) is 0.683. The van der Waals surface area contributed by atoms with E-state index < -0.39 is 17.6 Å². The molecule has 1 aliphatic carbocycles. The zero-order valence-corrected chi connectivity index (χ0v) is 17.8. The number of carbonyl (C=O) groups is 2. The van der Waals surface area contributed by atoms with E-state index in [9.17, 15) is 14.9 Å². The summed E-state index contributed by atoms with van der Waals surface area (Å²) >= 11 is 1.25. The number of likely N-dealkylation sites (N-methyl/N-ethyl adjacent to an activating group) is 1. The van der Waals surface area contributed by atoms with Crippen LogP contribution in [0.1, 0.15) is 53.7 Å². The van der Waals surface area contributed by atoms with Crippen LogP contribution in [-0.2, 0) is 9.53 Å². The third-order valence-electron chi connectivity index (χ3n) is 5.46. The van der Waals surface area contributed by atoms with Gasteiger partial charge < -0.3 is 9.64 Å². The largest absolute Gasteiger partial charge is 0.448 e. The van der Waals surface area contributed by atoms with Gasteiger partial charge in [0.1, 0.15) is 10.4 Å². The molecule has 29 heavy (non-hydrogen) atoms. The lowest BCUT2D eigenvalue weighted by Crippen LogP contribution is -2.53. The van der Waals surface area contributed by atoms with Gasteiger partial charge in [0.05, 0.1) is 16.8 Å². The number of nitrogens with zero attached hydrogens (tertiary/aromatic N) is 3. The Morgan fingerprint density at radius 3 is 2.52 bits per heavy atom. The van der Waals surface area contributed by atoms with Crippen molar-refractivity contribution in [3.8, 4) is 17.3 Å². The molecule has 1 saturated carbocycles. The van der Waals surface area contributed by atoms with Crippen molar-refractivity contribution in [1.82, 2.24) is 9.88 Å². The first-order chi connectivity index (χ1) is 13.9. The minimum atomic E-state index is -0.981. The number of hydrogen-bond donors (Lipinski definition) is 0. The van der Waals surface area contributed by atoms with Crippen LogP contribution >= 0.6 is 11.3 Å². The van der Waals surface area contributed by atoms with E-state index in [0.29, 0.717) is 23.4 Å². The summed E-state index contributed by atoms with van der Waals surface area (Å²) in [4.78, 5) is 32.1. The number of esters is 1. The van der Waals surface area contributed by atoms with Gasteiger partial charge in [-0.05, 0) is 26.7 Å². The Kier molecular flexibility index (Phi) is 6.33. The second-order valence-corrected chi connectivity index (χ2v) is 8.63. The van der Waals surface area contributed by atoms with E-state index in [0.717, 1.165) is 29.8 Å². The summed E-state index contributed by atoms with van der Waals surface area (Å²) in [6.07, 6.45) is 3.23. The van der Waals surface area contributed by atoms with E-state index in [1.165, 1.54) is 16.2 Å². The number of aromatic nitrogens is 1. The predicted molar refractivity (Wildman–Crippen MR) is 111 cm³/mol. The number of carbonyl (C=O) groups excluding carboxylic acids is 2. The number of hydrogen-bond acceptors (Lipinski definition) is 6. The molecule has 1 amide bonds. The van der Waals surface area contributed by atoms with Gasteiger partial charge in [0, 0.05) is 12.6 Å². The molecule has 1 atom stereocenters. The average molecular weight is 412 g/mol. The van der Waals surface area contributed by atoms with Gasteiger partial charge in [-0.2, -0.15) is 5.26 Å². The summed E-state index contributed by atoms with van der Waals surface area (Å²) in [5, 5.41) is 10.5. The Labute approximate surface area is 175 Å². The zero-order chi connectivity index (χ0) is 21.0. The molecule has 6 nitrogen and oxygen atoms in total. The summed E-state index contributed by atoms with van der Waals surface area (Å²) in [5.41, 5.74) is 0.573. The summed E-state index contributed by atoms with van der Waals surface area (Å²) in [5.74, 6) is -0.928. The summed E-state index contributed by atoms with van der Waals surface area (Å²) < 4.78 is 5.51. The minimum absolute atomic E-state index is 0.357. The third-order valence-corrected chi connectivity index (χ3v) is 6.41. The van der Waals surface area contributed by atoms with Gasteiger partial charge in [-0.1, -0.05) is 49.6 Å². The molecule has 0 N–H and O–H groups in total. The second-order valence-electron chi connectivity index (χ2n) is 7.43. The summed E-state index contributed by atoms with van der Waals surface area (Å²) in [7, 11) is 1.63. The van der Waals surface area contributed by atoms with Gasteiger partial charge in [-0.25, -0.2) is 9.78 Å². The fourth-order valence-corrected chi connectivity index (χ4v) is 4.59. The lowest BCUT2D eigenvalue weighted by molar-refractivity contribution is -0.143. The average Bonchev–Trinajstić information content (AvgIpc) is 3.15. The first-order valence-electron chi connectivity index (χ1n) is 9.81. The van der Waals surface area contributed by atoms with E-state index >= 15 is 0 Å². The van der Waals surface area contributed by atoms with Crippen molar-refractivity contribution in [3.63, 3.8) is 0 Å². The lowest BCUT2D eigenvalue weighted by atomic mass is 9.81. The molecule has 3 rings (SSSR count).